The van der Waals surface area contributed by atoms with Crippen LogP contribution < -0.4 is 11.4 Å². The van der Waals surface area contributed by atoms with E-state index in [4.69, 9.17) is 0 Å². The van der Waals surface area contributed by atoms with Gasteiger partial charge in [-0.2, -0.15) is 0 Å². The van der Waals surface area contributed by atoms with E-state index in [-0.39, 0.29) is 23.5 Å². The van der Waals surface area contributed by atoms with Gasteiger partial charge in [-0.1, -0.05) is 12.2 Å². The maximum absolute atomic E-state index is 12.2. The number of fused-ring (bicyclic) bond motifs is 6. The second-order valence-electron chi connectivity index (χ2n) is 6.63. The maximum atomic E-state index is 12.2. The van der Waals surface area contributed by atoms with Crippen LogP contribution in [0.4, 0.5) is 0 Å². The van der Waals surface area contributed by atoms with Gasteiger partial charge in [0.15, 0.2) is 0 Å². The van der Waals surface area contributed by atoms with Crippen LogP contribution in [0, 0.1) is 23.7 Å². The van der Waals surface area contributed by atoms with Crippen molar-refractivity contribution in [1.82, 2.24) is 13.9 Å². The Morgan fingerprint density at radius 2 is 1.42 bits per heavy atom. The van der Waals surface area contributed by atoms with Crippen LogP contribution in [-0.4, -0.2) is 13.9 Å². The molecule has 1 aromatic rings. The number of rotatable bonds is 0. The lowest BCUT2D eigenvalue weighted by Crippen LogP contribution is -2.46. The second-order valence-corrected chi connectivity index (χ2v) is 6.63. The lowest BCUT2D eigenvalue weighted by atomic mass is 9.62. The summed E-state index contributed by atoms with van der Waals surface area (Å²) < 4.78 is 4.80. The van der Waals surface area contributed by atoms with E-state index in [0.717, 1.165) is 6.42 Å². The topological polar surface area (TPSA) is 48.9 Å². The SMILES string of the molecule is Cn1c(=O)n2n(c1=O)[C@H]1C[C@H]2[C@@H]2[C@@H]1[C@H]1C=C[C@H]2CC1. The number of hydrogen-bond acceptors (Lipinski definition) is 2. The van der Waals surface area contributed by atoms with Crippen molar-refractivity contribution < 1.29 is 0 Å². The van der Waals surface area contributed by atoms with Crippen LogP contribution in [0.1, 0.15) is 31.3 Å². The van der Waals surface area contributed by atoms with Gasteiger partial charge < -0.3 is 0 Å². The molecule has 0 N–H and O–H groups in total. The molecule has 4 bridgehead atoms. The molecule has 0 radical (unpaired) electrons. The molecule has 6 rings (SSSR count). The van der Waals surface area contributed by atoms with Crippen molar-refractivity contribution in [2.75, 3.05) is 0 Å². The predicted octanol–water partition coefficient (Wildman–Crippen LogP) is 0.676. The summed E-state index contributed by atoms with van der Waals surface area (Å²) in [5, 5.41) is 0. The Morgan fingerprint density at radius 3 is 1.84 bits per heavy atom. The predicted molar refractivity (Wildman–Crippen MR) is 69.0 cm³/mol. The number of hydrogen-bond donors (Lipinski definition) is 0. The number of aromatic nitrogens is 3. The van der Waals surface area contributed by atoms with Crippen molar-refractivity contribution in [3.63, 3.8) is 0 Å². The molecule has 2 fully saturated rings. The molecule has 2 saturated carbocycles. The van der Waals surface area contributed by atoms with Crippen LogP contribution >= 0.6 is 0 Å². The van der Waals surface area contributed by atoms with Gasteiger partial charge in [0.25, 0.3) is 0 Å². The molecule has 1 aromatic heterocycles. The molecule has 19 heavy (non-hydrogen) atoms. The fourth-order valence-electron chi connectivity index (χ4n) is 5.42. The monoisotopic (exact) mass is 259 g/mol. The molecule has 5 aliphatic rings. The molecule has 0 spiro atoms. The Bertz CT molecular complexity index is 665. The molecule has 5 heteroatoms. The zero-order chi connectivity index (χ0) is 12.9. The molecule has 2 heterocycles. The first-order valence-electron chi connectivity index (χ1n) is 7.27. The second kappa shape index (κ2) is 2.97. The molecule has 5 nitrogen and oxygen atoms in total. The molecule has 6 atom stereocenters. The fraction of sp³-hybridized carbons (Fsp3) is 0.714. The van der Waals surface area contributed by atoms with E-state index in [0.29, 0.717) is 23.7 Å². The van der Waals surface area contributed by atoms with Gasteiger partial charge in [0.1, 0.15) is 0 Å². The summed E-state index contributed by atoms with van der Waals surface area (Å²) in [6, 6.07) is 0.517. The number of nitrogens with zero attached hydrogens (tertiary/aromatic N) is 3. The van der Waals surface area contributed by atoms with Gasteiger partial charge in [-0.15, -0.1) is 0 Å². The van der Waals surface area contributed by atoms with E-state index in [1.165, 1.54) is 17.4 Å². The van der Waals surface area contributed by atoms with Crippen LogP contribution in [0.2, 0.25) is 0 Å². The molecule has 0 unspecified atom stereocenters. The van der Waals surface area contributed by atoms with E-state index in [1.807, 2.05) is 0 Å². The third kappa shape index (κ3) is 0.945. The van der Waals surface area contributed by atoms with Gasteiger partial charge in [-0.3, -0.25) is 0 Å². The lowest BCUT2D eigenvalue weighted by Gasteiger charge is -2.47. The Labute approximate surface area is 110 Å². The Morgan fingerprint density at radius 1 is 0.947 bits per heavy atom. The highest BCUT2D eigenvalue weighted by molar-refractivity contribution is 5.18. The summed E-state index contributed by atoms with van der Waals surface area (Å²) in [5.41, 5.74) is -0.247. The summed E-state index contributed by atoms with van der Waals surface area (Å²) in [6.45, 7) is 0. The molecule has 1 aliphatic heterocycles. The van der Waals surface area contributed by atoms with Crippen molar-refractivity contribution >= 4 is 0 Å². The zero-order valence-electron chi connectivity index (χ0n) is 10.9. The molecule has 0 aromatic carbocycles. The van der Waals surface area contributed by atoms with Crippen molar-refractivity contribution in [3.05, 3.63) is 33.1 Å². The minimum atomic E-state index is -0.124. The smallest absolute Gasteiger partial charge is 0.246 e. The third-order valence-electron chi connectivity index (χ3n) is 6.07. The first kappa shape index (κ1) is 10.3. The van der Waals surface area contributed by atoms with Gasteiger partial charge in [0.05, 0.1) is 12.1 Å². The molecular weight excluding hydrogens is 242 g/mol. The summed E-state index contributed by atoms with van der Waals surface area (Å²) in [4.78, 5) is 24.5. The van der Waals surface area contributed by atoms with Gasteiger partial charge in [-0.05, 0) is 42.9 Å². The fourth-order valence-corrected chi connectivity index (χ4v) is 5.42. The Kier molecular flexibility index (Phi) is 1.61. The standard InChI is InChI=1S/C14H17N3O2/c1-15-13(18)16-9-6-10(17(16)14(15)19)12-8-3-2-7(4-5-8)11(9)12/h2-3,7-12H,4-6H2,1H3/t7-,8-,9-,10-,11+,12+/m0/s1. The van der Waals surface area contributed by atoms with Crippen molar-refractivity contribution in [2.24, 2.45) is 30.7 Å². The summed E-state index contributed by atoms with van der Waals surface area (Å²) in [6.07, 6.45) is 8.25. The average molecular weight is 259 g/mol. The lowest BCUT2D eigenvalue weighted by molar-refractivity contribution is 0.0584. The first-order valence-corrected chi connectivity index (χ1v) is 7.27. The van der Waals surface area contributed by atoms with Crippen molar-refractivity contribution in [3.8, 4) is 0 Å². The molecule has 4 aliphatic carbocycles. The Hall–Kier alpha value is -1.52. The van der Waals surface area contributed by atoms with E-state index < -0.39 is 0 Å². The van der Waals surface area contributed by atoms with E-state index >= 15 is 0 Å². The minimum absolute atomic E-state index is 0.124. The van der Waals surface area contributed by atoms with E-state index in [1.54, 1.807) is 16.4 Å². The van der Waals surface area contributed by atoms with Crippen LogP contribution in [0.15, 0.2) is 21.7 Å². The molecule has 0 saturated heterocycles. The largest absolute Gasteiger partial charge is 0.347 e. The minimum Gasteiger partial charge on any atom is -0.246 e. The first-order chi connectivity index (χ1) is 9.18. The van der Waals surface area contributed by atoms with E-state index in [2.05, 4.69) is 12.2 Å². The summed E-state index contributed by atoms with van der Waals surface area (Å²) in [7, 11) is 1.60. The number of allylic oxidation sites excluding steroid dienone is 2. The zero-order valence-corrected chi connectivity index (χ0v) is 10.9. The molecule has 100 valence electrons. The quantitative estimate of drug-likeness (QED) is 0.643. The van der Waals surface area contributed by atoms with Crippen LogP contribution in [0.5, 0.6) is 0 Å². The van der Waals surface area contributed by atoms with Crippen molar-refractivity contribution in [2.45, 2.75) is 31.3 Å². The van der Waals surface area contributed by atoms with Gasteiger partial charge in [0, 0.05) is 7.05 Å². The molecule has 0 amide bonds. The van der Waals surface area contributed by atoms with E-state index in [9.17, 15) is 9.59 Å². The highest BCUT2D eigenvalue weighted by atomic mass is 16.2. The maximum Gasteiger partial charge on any atom is 0.347 e. The highest BCUT2D eigenvalue weighted by Crippen LogP contribution is 2.62. The van der Waals surface area contributed by atoms with Crippen LogP contribution in [0.3, 0.4) is 0 Å². The average Bonchev–Trinajstić information content (AvgIpc) is 3.09. The third-order valence-corrected chi connectivity index (χ3v) is 6.07. The summed E-state index contributed by atoms with van der Waals surface area (Å²) in [5.74, 6) is 2.43. The normalized spacial score (nSPS) is 44.7. The van der Waals surface area contributed by atoms with Gasteiger partial charge >= 0.3 is 11.4 Å². The summed E-state index contributed by atoms with van der Waals surface area (Å²) >= 11 is 0. The van der Waals surface area contributed by atoms with Crippen LogP contribution in [-0.2, 0) is 7.05 Å². The van der Waals surface area contributed by atoms with Gasteiger partial charge in [0.2, 0.25) is 0 Å². The van der Waals surface area contributed by atoms with Crippen molar-refractivity contribution in [1.29, 1.82) is 0 Å². The highest BCUT2D eigenvalue weighted by Gasteiger charge is 2.59. The van der Waals surface area contributed by atoms with Crippen LogP contribution in [0.25, 0.3) is 0 Å². The van der Waals surface area contributed by atoms with Gasteiger partial charge in [-0.25, -0.2) is 23.5 Å². The Balaban J connectivity index is 1.78. The molecular formula is C14H17N3O2.